The molecular weight excluding hydrogens is 332 g/mol. The van der Waals surface area contributed by atoms with Gasteiger partial charge in [0.15, 0.2) is 11.5 Å². The molecule has 0 spiro atoms. The van der Waals surface area contributed by atoms with Crippen molar-refractivity contribution in [3.63, 3.8) is 0 Å². The number of carbonyl (C=O) groups is 1. The van der Waals surface area contributed by atoms with E-state index in [2.05, 4.69) is 0 Å². The summed E-state index contributed by atoms with van der Waals surface area (Å²) in [7, 11) is 5.75. The van der Waals surface area contributed by atoms with Crippen LogP contribution in [0.4, 0.5) is 0 Å². The summed E-state index contributed by atoms with van der Waals surface area (Å²) in [6.07, 6.45) is 0. The minimum Gasteiger partial charge on any atom is -0.491 e. The standard InChI is InChI=1S/C20H24N2O4/c1-21(2)10-11-24-17-7-5-4-6-16(17)20(23)22(3)13-15-8-9-18-19(12-15)26-14-25-18/h4-9,12H,10-11,13-14H2,1-3H3. The van der Waals surface area contributed by atoms with Gasteiger partial charge in [0.1, 0.15) is 12.4 Å². The highest BCUT2D eigenvalue weighted by atomic mass is 16.7. The van der Waals surface area contributed by atoms with E-state index in [0.717, 1.165) is 23.6 Å². The molecule has 26 heavy (non-hydrogen) atoms. The molecule has 0 aliphatic carbocycles. The van der Waals surface area contributed by atoms with Crippen LogP contribution in [0.25, 0.3) is 0 Å². The molecule has 0 radical (unpaired) electrons. The molecule has 6 heteroatoms. The lowest BCUT2D eigenvalue weighted by Gasteiger charge is -2.20. The molecule has 1 amide bonds. The molecule has 0 fully saturated rings. The van der Waals surface area contributed by atoms with Gasteiger partial charge in [-0.15, -0.1) is 0 Å². The smallest absolute Gasteiger partial charge is 0.257 e. The lowest BCUT2D eigenvalue weighted by Crippen LogP contribution is -2.27. The summed E-state index contributed by atoms with van der Waals surface area (Å²) in [6, 6.07) is 13.1. The Bertz CT molecular complexity index is 776. The molecule has 2 aromatic carbocycles. The van der Waals surface area contributed by atoms with Crippen LogP contribution in [0.3, 0.4) is 0 Å². The third-order valence-electron chi connectivity index (χ3n) is 4.12. The van der Waals surface area contributed by atoms with Crippen LogP contribution < -0.4 is 14.2 Å². The maximum absolute atomic E-state index is 12.9. The molecule has 2 aromatic rings. The number of benzene rings is 2. The zero-order valence-electron chi connectivity index (χ0n) is 15.4. The highest BCUT2D eigenvalue weighted by Gasteiger charge is 2.19. The predicted octanol–water partition coefficient (Wildman–Crippen LogP) is 2.63. The number of rotatable bonds is 7. The van der Waals surface area contributed by atoms with Gasteiger partial charge in [0.2, 0.25) is 6.79 Å². The fraction of sp³-hybridized carbons (Fsp3) is 0.350. The van der Waals surface area contributed by atoms with E-state index in [0.29, 0.717) is 24.5 Å². The fourth-order valence-electron chi connectivity index (χ4n) is 2.70. The highest BCUT2D eigenvalue weighted by Crippen LogP contribution is 2.33. The van der Waals surface area contributed by atoms with Crippen molar-refractivity contribution in [2.75, 3.05) is 41.1 Å². The number of nitrogens with zero attached hydrogens (tertiary/aromatic N) is 2. The zero-order chi connectivity index (χ0) is 18.5. The molecule has 6 nitrogen and oxygen atoms in total. The van der Waals surface area contributed by atoms with Crippen molar-refractivity contribution < 1.29 is 19.0 Å². The number of carbonyl (C=O) groups excluding carboxylic acids is 1. The number of para-hydroxylation sites is 1. The van der Waals surface area contributed by atoms with E-state index >= 15 is 0 Å². The second kappa shape index (κ2) is 8.10. The quantitative estimate of drug-likeness (QED) is 0.763. The van der Waals surface area contributed by atoms with Gasteiger partial charge < -0.3 is 24.0 Å². The molecule has 0 unspecified atom stereocenters. The van der Waals surface area contributed by atoms with Crippen molar-refractivity contribution in [3.05, 3.63) is 53.6 Å². The summed E-state index contributed by atoms with van der Waals surface area (Å²) in [5.41, 5.74) is 1.55. The summed E-state index contributed by atoms with van der Waals surface area (Å²) in [5, 5.41) is 0. The Morgan fingerprint density at radius 2 is 1.85 bits per heavy atom. The summed E-state index contributed by atoms with van der Waals surface area (Å²) in [4.78, 5) is 16.6. The van der Waals surface area contributed by atoms with Gasteiger partial charge in [0.05, 0.1) is 5.56 Å². The molecule has 1 heterocycles. The first-order valence-electron chi connectivity index (χ1n) is 8.55. The van der Waals surface area contributed by atoms with Crippen LogP contribution in [0.2, 0.25) is 0 Å². The molecule has 138 valence electrons. The molecule has 0 aromatic heterocycles. The molecule has 0 bridgehead atoms. The zero-order valence-corrected chi connectivity index (χ0v) is 15.4. The van der Waals surface area contributed by atoms with Crippen LogP contribution in [0.5, 0.6) is 17.2 Å². The summed E-state index contributed by atoms with van der Waals surface area (Å²) >= 11 is 0. The normalized spacial score (nSPS) is 12.3. The van der Waals surface area contributed by atoms with E-state index < -0.39 is 0 Å². The van der Waals surface area contributed by atoms with Crippen LogP contribution in [-0.4, -0.2) is 56.8 Å². The van der Waals surface area contributed by atoms with Crippen molar-refractivity contribution >= 4 is 5.91 Å². The number of likely N-dealkylation sites (N-methyl/N-ethyl adjacent to an activating group) is 1. The Labute approximate surface area is 153 Å². The Morgan fingerprint density at radius 1 is 1.08 bits per heavy atom. The van der Waals surface area contributed by atoms with E-state index in [1.54, 1.807) is 18.0 Å². The van der Waals surface area contributed by atoms with Crippen LogP contribution in [-0.2, 0) is 6.54 Å². The largest absolute Gasteiger partial charge is 0.491 e. The Hall–Kier alpha value is -2.73. The summed E-state index contributed by atoms with van der Waals surface area (Å²) < 4.78 is 16.5. The molecule has 3 rings (SSSR count). The Morgan fingerprint density at radius 3 is 2.65 bits per heavy atom. The van der Waals surface area contributed by atoms with E-state index in [1.165, 1.54) is 0 Å². The third-order valence-corrected chi connectivity index (χ3v) is 4.12. The molecular formula is C20H24N2O4. The van der Waals surface area contributed by atoms with Crippen LogP contribution in [0.1, 0.15) is 15.9 Å². The van der Waals surface area contributed by atoms with Crippen molar-refractivity contribution in [3.8, 4) is 17.2 Å². The number of amides is 1. The van der Waals surface area contributed by atoms with Crippen LogP contribution in [0.15, 0.2) is 42.5 Å². The minimum absolute atomic E-state index is 0.0804. The monoisotopic (exact) mass is 356 g/mol. The summed E-state index contributed by atoms with van der Waals surface area (Å²) in [6.45, 7) is 2.03. The first-order chi connectivity index (χ1) is 12.5. The van der Waals surface area contributed by atoms with Crippen LogP contribution >= 0.6 is 0 Å². The SMILES string of the molecule is CN(C)CCOc1ccccc1C(=O)N(C)Cc1ccc2c(c1)OCO2. The third kappa shape index (κ3) is 4.26. The molecule has 0 saturated heterocycles. The van der Waals surface area contributed by atoms with Gasteiger partial charge in [0, 0.05) is 20.1 Å². The molecule has 1 aliphatic rings. The van der Waals surface area contributed by atoms with Gasteiger partial charge >= 0.3 is 0 Å². The Balaban J connectivity index is 1.68. The van der Waals surface area contributed by atoms with Gasteiger partial charge in [-0.2, -0.15) is 0 Å². The highest BCUT2D eigenvalue weighted by molar-refractivity contribution is 5.96. The van der Waals surface area contributed by atoms with Gasteiger partial charge in [-0.3, -0.25) is 4.79 Å². The number of fused-ring (bicyclic) bond motifs is 1. The molecule has 0 atom stereocenters. The lowest BCUT2D eigenvalue weighted by molar-refractivity contribution is 0.0780. The maximum atomic E-state index is 12.9. The van der Waals surface area contributed by atoms with Crippen molar-refractivity contribution in [1.29, 1.82) is 0 Å². The second-order valence-electron chi connectivity index (χ2n) is 6.50. The Kier molecular flexibility index (Phi) is 5.63. The van der Waals surface area contributed by atoms with Crippen LogP contribution in [0, 0.1) is 0 Å². The van der Waals surface area contributed by atoms with E-state index in [1.807, 2.05) is 55.4 Å². The minimum atomic E-state index is -0.0804. The average molecular weight is 356 g/mol. The van der Waals surface area contributed by atoms with Gasteiger partial charge in [-0.25, -0.2) is 0 Å². The van der Waals surface area contributed by atoms with Gasteiger partial charge in [0.25, 0.3) is 5.91 Å². The first kappa shape index (κ1) is 18.1. The number of hydrogen-bond acceptors (Lipinski definition) is 5. The lowest BCUT2D eigenvalue weighted by atomic mass is 10.1. The maximum Gasteiger partial charge on any atom is 0.257 e. The topological polar surface area (TPSA) is 51.2 Å². The van der Waals surface area contributed by atoms with Crippen molar-refractivity contribution in [1.82, 2.24) is 9.80 Å². The van der Waals surface area contributed by atoms with Crippen molar-refractivity contribution in [2.45, 2.75) is 6.54 Å². The van der Waals surface area contributed by atoms with Gasteiger partial charge in [-0.05, 0) is 43.9 Å². The molecule has 0 N–H and O–H groups in total. The van der Waals surface area contributed by atoms with Crippen molar-refractivity contribution in [2.24, 2.45) is 0 Å². The first-order valence-corrected chi connectivity index (χ1v) is 8.55. The van der Waals surface area contributed by atoms with Gasteiger partial charge in [-0.1, -0.05) is 18.2 Å². The summed E-state index contributed by atoms with van der Waals surface area (Å²) in [5.74, 6) is 1.98. The second-order valence-corrected chi connectivity index (χ2v) is 6.50. The molecule has 0 saturated carbocycles. The predicted molar refractivity (Wildman–Crippen MR) is 98.9 cm³/mol. The van der Waals surface area contributed by atoms with E-state index in [4.69, 9.17) is 14.2 Å². The number of hydrogen-bond donors (Lipinski definition) is 0. The fourth-order valence-corrected chi connectivity index (χ4v) is 2.70. The number of ether oxygens (including phenoxy) is 3. The average Bonchev–Trinajstić information content (AvgIpc) is 3.09. The molecule has 1 aliphatic heterocycles. The van der Waals surface area contributed by atoms with E-state index in [-0.39, 0.29) is 12.7 Å². The van der Waals surface area contributed by atoms with E-state index in [9.17, 15) is 4.79 Å².